The van der Waals surface area contributed by atoms with E-state index in [1.165, 1.54) is 0 Å². The molecule has 2 aliphatic rings. The van der Waals surface area contributed by atoms with Crippen molar-refractivity contribution in [3.8, 4) is 11.5 Å². The summed E-state index contributed by atoms with van der Waals surface area (Å²) >= 11 is 1.58. The van der Waals surface area contributed by atoms with E-state index in [4.69, 9.17) is 9.47 Å². The Morgan fingerprint density at radius 1 is 0.897 bits per heavy atom. The molecule has 3 heterocycles. The van der Waals surface area contributed by atoms with Gasteiger partial charge in [0, 0.05) is 41.6 Å². The van der Waals surface area contributed by atoms with Gasteiger partial charge in [-0.25, -0.2) is 0 Å². The fourth-order valence-corrected chi connectivity index (χ4v) is 4.72. The molecule has 0 saturated carbocycles. The van der Waals surface area contributed by atoms with Crippen molar-refractivity contribution in [2.24, 2.45) is 0 Å². The second-order valence-corrected chi connectivity index (χ2v) is 8.04. The van der Waals surface area contributed by atoms with Crippen LogP contribution in [-0.4, -0.2) is 60.5 Å². The van der Waals surface area contributed by atoms with Gasteiger partial charge >= 0.3 is 0 Å². The zero-order valence-electron chi connectivity index (χ0n) is 15.7. The van der Waals surface area contributed by atoms with Gasteiger partial charge in [0.2, 0.25) is 6.10 Å². The van der Waals surface area contributed by atoms with Gasteiger partial charge in [-0.3, -0.25) is 9.59 Å². The highest BCUT2D eigenvalue weighted by Crippen LogP contribution is 2.31. The number of para-hydroxylation sites is 2. The number of amides is 2. The van der Waals surface area contributed by atoms with Gasteiger partial charge in [0.25, 0.3) is 11.8 Å². The van der Waals surface area contributed by atoms with E-state index < -0.39 is 6.10 Å². The highest BCUT2D eigenvalue weighted by atomic mass is 32.1. The number of benzene rings is 2. The molecule has 5 rings (SSSR count). The number of thiophene rings is 1. The molecular weight excluding hydrogens is 388 g/mol. The lowest BCUT2D eigenvalue weighted by Crippen LogP contribution is -2.55. The van der Waals surface area contributed by atoms with Crippen LogP contribution >= 0.6 is 11.3 Å². The first-order valence-corrected chi connectivity index (χ1v) is 10.5. The highest BCUT2D eigenvalue weighted by Gasteiger charge is 2.33. The molecule has 1 saturated heterocycles. The predicted octanol–water partition coefficient (Wildman–Crippen LogP) is 3.03. The SMILES string of the molecule is O=C(c1csc2ccccc12)N1CCN(C(=O)C2COc3ccccc3O2)CC1. The Hall–Kier alpha value is -3.06. The van der Waals surface area contributed by atoms with Crippen LogP contribution in [0.25, 0.3) is 10.1 Å². The fourth-order valence-electron chi connectivity index (χ4n) is 3.79. The van der Waals surface area contributed by atoms with E-state index in [1.54, 1.807) is 22.3 Å². The van der Waals surface area contributed by atoms with Crippen molar-refractivity contribution in [2.45, 2.75) is 6.10 Å². The summed E-state index contributed by atoms with van der Waals surface area (Å²) in [6, 6.07) is 15.3. The van der Waals surface area contributed by atoms with Crippen LogP contribution in [0.3, 0.4) is 0 Å². The van der Waals surface area contributed by atoms with Gasteiger partial charge in [0.15, 0.2) is 11.5 Å². The van der Waals surface area contributed by atoms with Gasteiger partial charge in [0.05, 0.1) is 5.56 Å². The molecule has 0 spiro atoms. The summed E-state index contributed by atoms with van der Waals surface area (Å²) in [6.45, 7) is 2.22. The minimum atomic E-state index is -0.645. The molecule has 29 heavy (non-hydrogen) atoms. The Labute approximate surface area is 172 Å². The van der Waals surface area contributed by atoms with Gasteiger partial charge in [-0.1, -0.05) is 30.3 Å². The van der Waals surface area contributed by atoms with Crippen LogP contribution in [0.2, 0.25) is 0 Å². The summed E-state index contributed by atoms with van der Waals surface area (Å²) in [4.78, 5) is 29.4. The Kier molecular flexibility index (Phi) is 4.60. The lowest BCUT2D eigenvalue weighted by molar-refractivity contribution is -0.142. The molecule has 0 N–H and O–H groups in total. The smallest absolute Gasteiger partial charge is 0.267 e. The molecule has 148 valence electrons. The van der Waals surface area contributed by atoms with Crippen LogP contribution in [0, 0.1) is 0 Å². The monoisotopic (exact) mass is 408 g/mol. The number of carbonyl (C=O) groups is 2. The molecule has 0 aliphatic carbocycles. The maximum Gasteiger partial charge on any atom is 0.267 e. The van der Waals surface area contributed by atoms with E-state index in [2.05, 4.69) is 0 Å². The molecule has 0 radical (unpaired) electrons. The zero-order chi connectivity index (χ0) is 19.8. The first-order chi connectivity index (χ1) is 14.2. The summed E-state index contributed by atoms with van der Waals surface area (Å²) in [5.74, 6) is 1.19. The summed E-state index contributed by atoms with van der Waals surface area (Å²) in [5, 5.41) is 2.92. The van der Waals surface area contributed by atoms with Crippen molar-refractivity contribution < 1.29 is 19.1 Å². The highest BCUT2D eigenvalue weighted by molar-refractivity contribution is 7.17. The zero-order valence-corrected chi connectivity index (χ0v) is 16.6. The molecule has 1 atom stereocenters. The fraction of sp³-hybridized carbons (Fsp3) is 0.273. The van der Waals surface area contributed by atoms with Crippen LogP contribution in [0.5, 0.6) is 11.5 Å². The molecular formula is C22H20N2O4S. The maximum absolute atomic E-state index is 13.0. The minimum Gasteiger partial charge on any atom is -0.485 e. The largest absolute Gasteiger partial charge is 0.485 e. The molecule has 0 bridgehead atoms. The molecule has 7 heteroatoms. The van der Waals surface area contributed by atoms with E-state index >= 15 is 0 Å². The summed E-state index contributed by atoms with van der Waals surface area (Å²) in [6.07, 6.45) is -0.645. The number of fused-ring (bicyclic) bond motifs is 2. The normalized spacial score (nSPS) is 18.7. The summed E-state index contributed by atoms with van der Waals surface area (Å²) in [5.41, 5.74) is 0.742. The Bertz CT molecular complexity index is 1070. The van der Waals surface area contributed by atoms with E-state index in [1.807, 2.05) is 52.7 Å². The molecule has 2 aromatic carbocycles. The van der Waals surface area contributed by atoms with Crippen molar-refractivity contribution in [3.63, 3.8) is 0 Å². The second-order valence-electron chi connectivity index (χ2n) is 7.13. The Balaban J connectivity index is 1.22. The van der Waals surface area contributed by atoms with Gasteiger partial charge in [0.1, 0.15) is 6.61 Å². The molecule has 2 amide bonds. The number of nitrogens with zero attached hydrogens (tertiary/aromatic N) is 2. The van der Waals surface area contributed by atoms with Crippen LogP contribution in [0.15, 0.2) is 53.9 Å². The molecule has 2 aliphatic heterocycles. The number of piperazine rings is 1. The van der Waals surface area contributed by atoms with Crippen molar-refractivity contribution in [1.82, 2.24) is 9.80 Å². The molecule has 1 aromatic heterocycles. The van der Waals surface area contributed by atoms with E-state index in [0.717, 1.165) is 15.6 Å². The van der Waals surface area contributed by atoms with E-state index in [0.29, 0.717) is 37.7 Å². The second kappa shape index (κ2) is 7.40. The number of carbonyl (C=O) groups excluding carboxylic acids is 2. The molecule has 1 unspecified atom stereocenters. The van der Waals surface area contributed by atoms with Crippen LogP contribution in [0.4, 0.5) is 0 Å². The molecule has 1 fully saturated rings. The third kappa shape index (κ3) is 3.31. The van der Waals surface area contributed by atoms with Gasteiger partial charge in [-0.15, -0.1) is 11.3 Å². The maximum atomic E-state index is 13.0. The van der Waals surface area contributed by atoms with Crippen LogP contribution in [0.1, 0.15) is 10.4 Å². The number of hydrogen-bond acceptors (Lipinski definition) is 5. The van der Waals surface area contributed by atoms with Crippen LogP contribution < -0.4 is 9.47 Å². The quantitative estimate of drug-likeness (QED) is 0.654. The van der Waals surface area contributed by atoms with Crippen LogP contribution in [-0.2, 0) is 4.79 Å². The van der Waals surface area contributed by atoms with Gasteiger partial charge < -0.3 is 19.3 Å². The molecule has 3 aromatic rings. The first kappa shape index (κ1) is 18.0. The summed E-state index contributed by atoms with van der Waals surface area (Å²) in [7, 11) is 0. The number of rotatable bonds is 2. The third-order valence-corrected chi connectivity index (χ3v) is 6.34. The molecule has 6 nitrogen and oxygen atoms in total. The number of ether oxygens (including phenoxy) is 2. The first-order valence-electron chi connectivity index (χ1n) is 9.63. The lowest BCUT2D eigenvalue weighted by atomic mass is 10.1. The van der Waals surface area contributed by atoms with E-state index in [9.17, 15) is 9.59 Å². The Morgan fingerprint density at radius 3 is 2.41 bits per heavy atom. The average Bonchev–Trinajstić information content (AvgIpc) is 3.22. The minimum absolute atomic E-state index is 0.0285. The third-order valence-electron chi connectivity index (χ3n) is 5.37. The Morgan fingerprint density at radius 2 is 1.59 bits per heavy atom. The van der Waals surface area contributed by atoms with E-state index in [-0.39, 0.29) is 18.4 Å². The summed E-state index contributed by atoms with van der Waals surface area (Å²) < 4.78 is 12.6. The van der Waals surface area contributed by atoms with Crippen molar-refractivity contribution in [3.05, 3.63) is 59.5 Å². The predicted molar refractivity (Wildman–Crippen MR) is 111 cm³/mol. The average molecular weight is 408 g/mol. The van der Waals surface area contributed by atoms with Gasteiger partial charge in [-0.05, 0) is 18.2 Å². The van der Waals surface area contributed by atoms with Crippen molar-refractivity contribution in [2.75, 3.05) is 32.8 Å². The standard InChI is InChI=1S/C22H20N2O4S/c25-21(16-14-29-20-8-4-1-5-15(16)20)23-9-11-24(12-10-23)22(26)19-13-27-17-6-2-3-7-18(17)28-19/h1-8,14,19H,9-13H2. The topological polar surface area (TPSA) is 59.1 Å². The van der Waals surface area contributed by atoms with Crippen molar-refractivity contribution in [1.29, 1.82) is 0 Å². The van der Waals surface area contributed by atoms with Crippen molar-refractivity contribution >= 4 is 33.2 Å². The van der Waals surface area contributed by atoms with Gasteiger partial charge in [-0.2, -0.15) is 0 Å². The number of hydrogen-bond donors (Lipinski definition) is 0. The lowest BCUT2D eigenvalue weighted by Gasteiger charge is -2.37.